The molecule has 11 heteroatoms. The predicted molar refractivity (Wildman–Crippen MR) is 83.2 cm³/mol. The highest BCUT2D eigenvalue weighted by Crippen LogP contribution is 2.45. The lowest BCUT2D eigenvalue weighted by Crippen LogP contribution is -2.19. The van der Waals surface area contributed by atoms with Gasteiger partial charge >= 0.3 is 0 Å². The van der Waals surface area contributed by atoms with Crippen molar-refractivity contribution in [3.05, 3.63) is 23.1 Å². The van der Waals surface area contributed by atoms with Crippen LogP contribution in [0.3, 0.4) is 0 Å². The molecule has 0 aliphatic carbocycles. The molecule has 0 spiro atoms. The zero-order valence-electron chi connectivity index (χ0n) is 12.4. The predicted octanol–water partition coefficient (Wildman–Crippen LogP) is 0.765. The first kappa shape index (κ1) is 18.5. The molecule has 1 unspecified atom stereocenters. The van der Waals surface area contributed by atoms with Crippen molar-refractivity contribution in [3.8, 4) is 0 Å². The van der Waals surface area contributed by atoms with E-state index in [1.165, 1.54) is 13.2 Å². The first-order chi connectivity index (χ1) is 10.7. The van der Waals surface area contributed by atoms with E-state index in [1.807, 2.05) is 0 Å². The molecule has 2 heterocycles. The van der Waals surface area contributed by atoms with Crippen LogP contribution in [0.15, 0.2) is 26.0 Å². The summed E-state index contributed by atoms with van der Waals surface area (Å²) in [7, 11) is -6.23. The van der Waals surface area contributed by atoms with Gasteiger partial charge in [-0.05, 0) is 6.07 Å². The smallest absolute Gasteiger partial charge is 0.247 e. The Morgan fingerprint density at radius 1 is 1.43 bits per heavy atom. The number of ether oxygens (including phenoxy) is 3. The molecule has 1 aliphatic rings. The van der Waals surface area contributed by atoms with Gasteiger partial charge in [-0.25, -0.2) is 22.0 Å². The minimum absolute atomic E-state index is 0.0315. The number of sulfone groups is 1. The molecule has 0 aromatic carbocycles. The summed E-state index contributed by atoms with van der Waals surface area (Å²) >= 11 is 0.601. The number of methoxy groups -OCH3 is 1. The molecule has 1 aromatic rings. The Morgan fingerprint density at radius 2 is 2.13 bits per heavy atom. The van der Waals surface area contributed by atoms with Crippen LogP contribution >= 0.6 is 11.3 Å². The number of primary sulfonamides is 1. The summed E-state index contributed by atoms with van der Waals surface area (Å²) in [5.41, 5.74) is 0.266. The van der Waals surface area contributed by atoms with Gasteiger partial charge in [0, 0.05) is 24.0 Å². The SMILES string of the molecule is C=C1CC(OCOCCOC)c2cc(S(N)(=O)=O)sc2S1(=O)=O. The summed E-state index contributed by atoms with van der Waals surface area (Å²) in [5, 5.41) is 5.08. The molecular weight excluding hydrogens is 366 g/mol. The Bertz CT molecular complexity index is 795. The summed E-state index contributed by atoms with van der Waals surface area (Å²) in [6, 6.07) is 1.24. The number of rotatable bonds is 7. The molecule has 23 heavy (non-hydrogen) atoms. The molecule has 1 aliphatic heterocycles. The second-order valence-corrected chi connectivity index (χ2v) is 9.87. The molecule has 0 saturated carbocycles. The van der Waals surface area contributed by atoms with E-state index in [9.17, 15) is 16.8 Å². The Balaban J connectivity index is 2.27. The first-order valence-electron chi connectivity index (χ1n) is 6.45. The van der Waals surface area contributed by atoms with Gasteiger partial charge in [0.2, 0.25) is 19.9 Å². The van der Waals surface area contributed by atoms with Gasteiger partial charge in [0.05, 0.1) is 19.3 Å². The van der Waals surface area contributed by atoms with Crippen molar-refractivity contribution >= 4 is 31.2 Å². The van der Waals surface area contributed by atoms with Crippen molar-refractivity contribution in [2.45, 2.75) is 20.9 Å². The van der Waals surface area contributed by atoms with E-state index in [0.29, 0.717) is 24.6 Å². The van der Waals surface area contributed by atoms with Crippen molar-refractivity contribution < 1.29 is 31.0 Å². The number of sulfonamides is 1. The van der Waals surface area contributed by atoms with E-state index in [1.54, 1.807) is 0 Å². The van der Waals surface area contributed by atoms with Gasteiger partial charge in [-0.1, -0.05) is 6.58 Å². The van der Waals surface area contributed by atoms with E-state index in [2.05, 4.69) is 6.58 Å². The molecular formula is C12H17NO7S3. The van der Waals surface area contributed by atoms with E-state index < -0.39 is 26.0 Å². The zero-order valence-corrected chi connectivity index (χ0v) is 14.8. The Hall–Kier alpha value is -0.820. The second kappa shape index (κ2) is 6.97. The third-order valence-electron chi connectivity index (χ3n) is 3.15. The highest BCUT2D eigenvalue weighted by Gasteiger charge is 2.37. The van der Waals surface area contributed by atoms with Crippen molar-refractivity contribution in [2.24, 2.45) is 5.14 Å². The highest BCUT2D eigenvalue weighted by molar-refractivity contribution is 7.98. The van der Waals surface area contributed by atoms with Crippen LogP contribution in [-0.4, -0.2) is 44.0 Å². The Kier molecular flexibility index (Phi) is 5.61. The quantitative estimate of drug-likeness (QED) is 0.545. The molecule has 0 bridgehead atoms. The fourth-order valence-electron chi connectivity index (χ4n) is 1.98. The van der Waals surface area contributed by atoms with E-state index in [4.69, 9.17) is 19.3 Å². The molecule has 0 amide bonds. The van der Waals surface area contributed by atoms with Crippen LogP contribution in [0, 0.1) is 0 Å². The number of fused-ring (bicyclic) bond motifs is 1. The summed E-state index contributed by atoms with van der Waals surface area (Å²) in [5.74, 6) is 0. The molecule has 2 N–H and O–H groups in total. The molecule has 0 saturated heterocycles. The van der Waals surface area contributed by atoms with Crippen LogP contribution in [0.2, 0.25) is 0 Å². The number of hydrogen-bond donors (Lipinski definition) is 1. The van der Waals surface area contributed by atoms with Crippen LogP contribution in [0.1, 0.15) is 18.1 Å². The molecule has 0 radical (unpaired) electrons. The lowest BCUT2D eigenvalue weighted by Gasteiger charge is -2.24. The van der Waals surface area contributed by atoms with Gasteiger partial charge in [-0.2, -0.15) is 0 Å². The van der Waals surface area contributed by atoms with Gasteiger partial charge in [0.15, 0.2) is 0 Å². The number of nitrogens with two attached hydrogens (primary N) is 1. The van der Waals surface area contributed by atoms with Crippen molar-refractivity contribution in [2.75, 3.05) is 27.1 Å². The van der Waals surface area contributed by atoms with Gasteiger partial charge in [0.1, 0.15) is 15.2 Å². The standard InChI is InChI=1S/C12H17NO7S3/c1-8-5-10(20-7-19-4-3-18-2)9-6-11(23(13,16)17)21-12(9)22(8,14)15/h6,10H,1,3-5,7H2,2H3,(H2,13,16,17). The maximum atomic E-state index is 12.3. The fourth-order valence-corrected chi connectivity index (χ4v) is 6.01. The zero-order chi connectivity index (χ0) is 17.3. The van der Waals surface area contributed by atoms with Crippen molar-refractivity contribution in [1.82, 2.24) is 0 Å². The van der Waals surface area contributed by atoms with Gasteiger partial charge < -0.3 is 14.2 Å². The molecule has 2 rings (SSSR count). The molecule has 1 aromatic heterocycles. The highest BCUT2D eigenvalue weighted by atomic mass is 32.3. The van der Waals surface area contributed by atoms with Crippen molar-refractivity contribution in [1.29, 1.82) is 0 Å². The largest absolute Gasteiger partial charge is 0.382 e. The molecule has 0 fully saturated rings. The normalized spacial score (nSPS) is 20.4. The van der Waals surface area contributed by atoms with Gasteiger partial charge in [-0.15, -0.1) is 11.3 Å². The van der Waals surface area contributed by atoms with E-state index >= 15 is 0 Å². The van der Waals surface area contributed by atoms with Gasteiger partial charge in [-0.3, -0.25) is 0 Å². The van der Waals surface area contributed by atoms with E-state index in [-0.39, 0.29) is 32.1 Å². The molecule has 130 valence electrons. The summed E-state index contributed by atoms with van der Waals surface area (Å²) in [6.07, 6.45) is -0.626. The van der Waals surface area contributed by atoms with E-state index in [0.717, 1.165) is 0 Å². The van der Waals surface area contributed by atoms with Crippen LogP contribution in [0.5, 0.6) is 0 Å². The topological polar surface area (TPSA) is 122 Å². The van der Waals surface area contributed by atoms with Crippen LogP contribution in [-0.2, 0) is 34.1 Å². The van der Waals surface area contributed by atoms with Crippen LogP contribution < -0.4 is 5.14 Å². The summed E-state index contributed by atoms with van der Waals surface area (Å²) in [4.78, 5) is -0.0327. The number of thiophene rings is 1. The lowest BCUT2D eigenvalue weighted by molar-refractivity contribution is -0.0992. The minimum Gasteiger partial charge on any atom is -0.382 e. The lowest BCUT2D eigenvalue weighted by atomic mass is 10.1. The second-order valence-electron chi connectivity index (χ2n) is 4.77. The Morgan fingerprint density at radius 3 is 2.74 bits per heavy atom. The third kappa shape index (κ3) is 3.99. The maximum Gasteiger partial charge on any atom is 0.247 e. The fraction of sp³-hybridized carbons (Fsp3) is 0.500. The maximum absolute atomic E-state index is 12.3. The minimum atomic E-state index is -4.00. The molecule has 8 nitrogen and oxygen atoms in total. The van der Waals surface area contributed by atoms with Crippen LogP contribution in [0.4, 0.5) is 0 Å². The molecule has 1 atom stereocenters. The van der Waals surface area contributed by atoms with Crippen molar-refractivity contribution in [3.63, 3.8) is 0 Å². The van der Waals surface area contributed by atoms with Gasteiger partial charge in [0.25, 0.3) is 0 Å². The first-order valence-corrected chi connectivity index (χ1v) is 10.3. The average Bonchev–Trinajstić information content (AvgIpc) is 2.90. The Labute approximate surface area is 138 Å². The monoisotopic (exact) mass is 383 g/mol. The third-order valence-corrected chi connectivity index (χ3v) is 8.08. The summed E-state index contributed by atoms with van der Waals surface area (Å²) in [6.45, 7) is 4.18. The average molecular weight is 383 g/mol. The number of hydrogen-bond acceptors (Lipinski definition) is 8. The summed E-state index contributed by atoms with van der Waals surface area (Å²) < 4.78 is 62.7. The van der Waals surface area contributed by atoms with Crippen LogP contribution in [0.25, 0.3) is 0 Å².